The predicted molar refractivity (Wildman–Crippen MR) is 68.8 cm³/mol. The molecule has 1 aliphatic rings. The highest BCUT2D eigenvalue weighted by Gasteiger charge is 2.26. The summed E-state index contributed by atoms with van der Waals surface area (Å²) in [5.74, 6) is -0.0187. The molecule has 0 aromatic carbocycles. The highest BCUT2D eigenvalue weighted by atomic mass is 35.5. The molecule has 4 nitrogen and oxygen atoms in total. The Morgan fingerprint density at radius 3 is 3.12 bits per heavy atom. The number of amides is 1. The summed E-state index contributed by atoms with van der Waals surface area (Å²) < 4.78 is 5.43. The number of hydrogen-bond acceptors (Lipinski definition) is 4. The number of halogens is 1. The van der Waals surface area contributed by atoms with E-state index in [4.69, 9.17) is 22.1 Å². The van der Waals surface area contributed by atoms with Gasteiger partial charge in [0.15, 0.2) is 0 Å². The van der Waals surface area contributed by atoms with Crippen LogP contribution in [0.1, 0.15) is 15.2 Å². The third-order valence-corrected chi connectivity index (χ3v) is 4.47. The molecule has 94 valence electrons. The summed E-state index contributed by atoms with van der Waals surface area (Å²) in [4.78, 5) is 14.6. The summed E-state index contributed by atoms with van der Waals surface area (Å²) in [6, 6.07) is 0. The quantitative estimate of drug-likeness (QED) is 0.889. The van der Waals surface area contributed by atoms with Crippen molar-refractivity contribution in [1.29, 1.82) is 0 Å². The summed E-state index contributed by atoms with van der Waals surface area (Å²) in [5.41, 5.74) is 6.50. The number of nitrogens with two attached hydrogens (primary N) is 1. The van der Waals surface area contributed by atoms with Crippen LogP contribution in [-0.2, 0) is 4.74 Å². The second kappa shape index (κ2) is 5.35. The summed E-state index contributed by atoms with van der Waals surface area (Å²) in [6.07, 6.45) is -0.0625. The second-order valence-corrected chi connectivity index (χ2v) is 5.30. The number of aryl methyl sites for hydroxylation is 1. The lowest BCUT2D eigenvalue weighted by molar-refractivity contribution is -0.0165. The van der Waals surface area contributed by atoms with Crippen molar-refractivity contribution in [2.45, 2.75) is 13.0 Å². The van der Waals surface area contributed by atoms with Gasteiger partial charge >= 0.3 is 0 Å². The highest BCUT2D eigenvalue weighted by molar-refractivity contribution is 7.13. The van der Waals surface area contributed by atoms with Crippen LogP contribution in [0.4, 0.5) is 0 Å². The average Bonchev–Trinajstić information content (AvgIpc) is 2.69. The van der Waals surface area contributed by atoms with Gasteiger partial charge in [-0.25, -0.2) is 0 Å². The molecule has 1 fully saturated rings. The fraction of sp³-hybridized carbons (Fsp3) is 0.545. The molecule has 0 saturated carbocycles. The molecule has 1 atom stereocenters. The van der Waals surface area contributed by atoms with Crippen molar-refractivity contribution < 1.29 is 9.53 Å². The summed E-state index contributed by atoms with van der Waals surface area (Å²) >= 11 is 7.49. The Bertz CT molecular complexity index is 422. The molecule has 0 bridgehead atoms. The maximum Gasteiger partial charge on any atom is 0.265 e. The van der Waals surface area contributed by atoms with E-state index >= 15 is 0 Å². The molecule has 2 rings (SSSR count). The van der Waals surface area contributed by atoms with Crippen LogP contribution in [0.15, 0.2) is 5.38 Å². The van der Waals surface area contributed by atoms with Gasteiger partial charge in [-0.1, -0.05) is 11.6 Å². The van der Waals surface area contributed by atoms with Crippen LogP contribution in [0.2, 0.25) is 5.02 Å². The molecule has 1 aromatic rings. The number of morpholine rings is 1. The molecule has 0 radical (unpaired) electrons. The Labute approximate surface area is 109 Å². The molecule has 2 heterocycles. The van der Waals surface area contributed by atoms with Crippen molar-refractivity contribution in [3.05, 3.63) is 20.8 Å². The normalized spacial score (nSPS) is 20.6. The molecule has 0 aliphatic carbocycles. The molecule has 1 saturated heterocycles. The van der Waals surface area contributed by atoms with Crippen LogP contribution < -0.4 is 5.73 Å². The minimum atomic E-state index is -0.0625. The minimum Gasteiger partial charge on any atom is -0.373 e. The average molecular weight is 275 g/mol. The number of carbonyl (C=O) groups excluding carboxylic acids is 1. The Kier molecular flexibility index (Phi) is 4.04. The number of carbonyl (C=O) groups is 1. The zero-order chi connectivity index (χ0) is 12.4. The van der Waals surface area contributed by atoms with Gasteiger partial charge < -0.3 is 15.4 Å². The third kappa shape index (κ3) is 2.63. The van der Waals surface area contributed by atoms with Crippen molar-refractivity contribution in [2.75, 3.05) is 26.2 Å². The fourth-order valence-corrected chi connectivity index (χ4v) is 3.00. The topological polar surface area (TPSA) is 55.6 Å². The van der Waals surface area contributed by atoms with Gasteiger partial charge in [-0.3, -0.25) is 4.79 Å². The zero-order valence-corrected chi connectivity index (χ0v) is 11.2. The Hall–Kier alpha value is -0.620. The lowest BCUT2D eigenvalue weighted by Gasteiger charge is -2.32. The van der Waals surface area contributed by atoms with Gasteiger partial charge in [0.05, 0.1) is 17.7 Å². The van der Waals surface area contributed by atoms with Crippen LogP contribution in [-0.4, -0.2) is 43.2 Å². The van der Waals surface area contributed by atoms with Crippen LogP contribution in [0.5, 0.6) is 0 Å². The molecule has 1 amide bonds. The van der Waals surface area contributed by atoms with Gasteiger partial charge in [-0.05, 0) is 17.9 Å². The molecule has 17 heavy (non-hydrogen) atoms. The largest absolute Gasteiger partial charge is 0.373 e. The molecule has 1 aromatic heterocycles. The van der Waals surface area contributed by atoms with Crippen LogP contribution >= 0.6 is 22.9 Å². The first-order valence-electron chi connectivity index (χ1n) is 5.48. The van der Waals surface area contributed by atoms with Crippen molar-refractivity contribution in [1.82, 2.24) is 4.90 Å². The smallest absolute Gasteiger partial charge is 0.265 e. The van der Waals surface area contributed by atoms with E-state index in [0.29, 0.717) is 36.1 Å². The van der Waals surface area contributed by atoms with Gasteiger partial charge in [0.25, 0.3) is 5.91 Å². The molecular formula is C11H15ClN2O2S. The summed E-state index contributed by atoms with van der Waals surface area (Å²) in [7, 11) is 0. The monoisotopic (exact) mass is 274 g/mol. The molecule has 0 spiro atoms. The van der Waals surface area contributed by atoms with E-state index in [1.165, 1.54) is 11.3 Å². The van der Waals surface area contributed by atoms with E-state index in [2.05, 4.69) is 0 Å². The first-order chi connectivity index (χ1) is 8.13. The van der Waals surface area contributed by atoms with Gasteiger partial charge in [-0.15, -0.1) is 11.3 Å². The van der Waals surface area contributed by atoms with Crippen LogP contribution in [0, 0.1) is 6.92 Å². The SMILES string of the molecule is Cc1csc(C(=O)N2CCOC(CN)C2)c1Cl. The Morgan fingerprint density at radius 2 is 2.53 bits per heavy atom. The first kappa shape index (κ1) is 12.8. The van der Waals surface area contributed by atoms with E-state index < -0.39 is 0 Å². The molecule has 1 aliphatic heterocycles. The Morgan fingerprint density at radius 1 is 1.76 bits per heavy atom. The fourth-order valence-electron chi connectivity index (χ4n) is 1.76. The van der Waals surface area contributed by atoms with E-state index in [9.17, 15) is 4.79 Å². The van der Waals surface area contributed by atoms with Crippen molar-refractivity contribution in [3.8, 4) is 0 Å². The molecular weight excluding hydrogens is 260 g/mol. The van der Waals surface area contributed by atoms with Crippen molar-refractivity contribution in [3.63, 3.8) is 0 Å². The molecule has 6 heteroatoms. The van der Waals surface area contributed by atoms with Gasteiger partial charge in [-0.2, -0.15) is 0 Å². The van der Waals surface area contributed by atoms with Gasteiger partial charge in [0.1, 0.15) is 4.88 Å². The number of ether oxygens (including phenoxy) is 1. The van der Waals surface area contributed by atoms with E-state index in [-0.39, 0.29) is 12.0 Å². The van der Waals surface area contributed by atoms with Crippen molar-refractivity contribution in [2.24, 2.45) is 5.73 Å². The van der Waals surface area contributed by atoms with Crippen molar-refractivity contribution >= 4 is 28.8 Å². The van der Waals surface area contributed by atoms with Gasteiger partial charge in [0, 0.05) is 19.6 Å². The van der Waals surface area contributed by atoms with Crippen LogP contribution in [0.25, 0.3) is 0 Å². The number of nitrogens with zero attached hydrogens (tertiary/aromatic N) is 1. The summed E-state index contributed by atoms with van der Waals surface area (Å²) in [6.45, 7) is 4.01. The van der Waals surface area contributed by atoms with E-state index in [0.717, 1.165) is 5.56 Å². The zero-order valence-electron chi connectivity index (χ0n) is 9.61. The Balaban J connectivity index is 2.12. The third-order valence-electron chi connectivity index (χ3n) is 2.78. The second-order valence-electron chi connectivity index (χ2n) is 4.04. The standard InChI is InChI=1S/C11H15ClN2O2S/c1-7-6-17-10(9(7)12)11(15)14-2-3-16-8(4-13)5-14/h6,8H,2-5,13H2,1H3. The maximum atomic E-state index is 12.3. The predicted octanol–water partition coefficient (Wildman–Crippen LogP) is 1.51. The number of hydrogen-bond donors (Lipinski definition) is 1. The maximum absolute atomic E-state index is 12.3. The molecule has 2 N–H and O–H groups in total. The van der Waals surface area contributed by atoms with E-state index in [1.807, 2.05) is 12.3 Å². The minimum absolute atomic E-state index is 0.0187. The summed E-state index contributed by atoms with van der Waals surface area (Å²) in [5, 5.41) is 2.46. The van der Waals surface area contributed by atoms with Gasteiger partial charge in [0.2, 0.25) is 0 Å². The highest BCUT2D eigenvalue weighted by Crippen LogP contribution is 2.28. The lowest BCUT2D eigenvalue weighted by atomic mass is 10.2. The number of rotatable bonds is 2. The first-order valence-corrected chi connectivity index (χ1v) is 6.73. The van der Waals surface area contributed by atoms with E-state index in [1.54, 1.807) is 4.90 Å². The molecule has 1 unspecified atom stereocenters. The lowest BCUT2D eigenvalue weighted by Crippen LogP contribution is -2.48. The number of thiophene rings is 1. The van der Waals surface area contributed by atoms with Crippen LogP contribution in [0.3, 0.4) is 0 Å².